The Morgan fingerprint density at radius 2 is 1.84 bits per heavy atom. The number of hydrogen-bond acceptors (Lipinski definition) is 4. The second-order valence-electron chi connectivity index (χ2n) is 6.37. The van der Waals surface area contributed by atoms with Gasteiger partial charge in [-0.3, -0.25) is 4.79 Å². The molecule has 104 valence electrons. The van der Waals surface area contributed by atoms with Crippen LogP contribution in [0.15, 0.2) is 27.6 Å². The summed E-state index contributed by atoms with van der Waals surface area (Å²) in [6.07, 6.45) is 1.18. The molecule has 1 aromatic heterocycles. The molecule has 0 saturated heterocycles. The quantitative estimate of drug-likeness (QED) is 0.838. The van der Waals surface area contributed by atoms with E-state index in [4.69, 9.17) is 10.2 Å². The topological polar surface area (TPSA) is 85.3 Å². The summed E-state index contributed by atoms with van der Waals surface area (Å²) in [5.74, 6) is -0.248. The van der Waals surface area contributed by atoms with E-state index in [0.29, 0.717) is 5.56 Å². The highest BCUT2D eigenvalue weighted by Gasteiger charge is 2.60. The molecule has 0 bridgehead atoms. The van der Waals surface area contributed by atoms with Gasteiger partial charge in [0.25, 0.3) is 5.91 Å². The van der Waals surface area contributed by atoms with Crippen molar-refractivity contribution in [1.82, 2.24) is 5.32 Å². The van der Waals surface area contributed by atoms with Crippen molar-refractivity contribution in [2.45, 2.75) is 39.8 Å². The Bertz CT molecular complexity index is 524. The first-order chi connectivity index (χ1) is 8.67. The average Bonchev–Trinajstić information content (AvgIpc) is 2.35. The molecule has 1 aliphatic rings. The minimum Gasteiger partial charge on any atom is -0.430 e. The van der Waals surface area contributed by atoms with Crippen LogP contribution in [0.3, 0.4) is 0 Å². The van der Waals surface area contributed by atoms with Crippen molar-refractivity contribution >= 4 is 5.91 Å². The van der Waals surface area contributed by atoms with Crippen LogP contribution in [0, 0.1) is 10.8 Å². The van der Waals surface area contributed by atoms with Gasteiger partial charge in [0.15, 0.2) is 0 Å². The van der Waals surface area contributed by atoms with E-state index in [1.165, 1.54) is 18.4 Å². The first kappa shape index (κ1) is 13.8. The number of carbonyl (C=O) groups is 1. The van der Waals surface area contributed by atoms with Crippen LogP contribution >= 0.6 is 0 Å². The van der Waals surface area contributed by atoms with Crippen LogP contribution in [-0.2, 0) is 0 Å². The van der Waals surface area contributed by atoms with Crippen molar-refractivity contribution in [2.24, 2.45) is 16.6 Å². The fraction of sp³-hybridized carbons (Fsp3) is 0.571. The monoisotopic (exact) mass is 264 g/mol. The zero-order chi connectivity index (χ0) is 14.4. The number of amides is 1. The van der Waals surface area contributed by atoms with E-state index in [0.717, 1.165) is 0 Å². The maximum absolute atomic E-state index is 12.1. The van der Waals surface area contributed by atoms with Gasteiger partial charge in [-0.1, -0.05) is 27.7 Å². The molecule has 0 radical (unpaired) electrons. The minimum absolute atomic E-state index is 0.0190. The van der Waals surface area contributed by atoms with Gasteiger partial charge >= 0.3 is 5.63 Å². The predicted octanol–water partition coefficient (Wildman–Crippen LogP) is 1.13. The first-order valence-electron chi connectivity index (χ1n) is 6.32. The molecule has 1 aromatic rings. The summed E-state index contributed by atoms with van der Waals surface area (Å²) in [4.78, 5) is 23.0. The van der Waals surface area contributed by atoms with Crippen LogP contribution in [0.5, 0.6) is 0 Å². The molecule has 0 aliphatic heterocycles. The molecule has 1 aliphatic carbocycles. The van der Waals surface area contributed by atoms with Gasteiger partial charge in [-0.05, 0) is 6.07 Å². The molecule has 5 heteroatoms. The van der Waals surface area contributed by atoms with Gasteiger partial charge in [-0.15, -0.1) is 0 Å². The van der Waals surface area contributed by atoms with E-state index in [1.54, 1.807) is 0 Å². The fourth-order valence-electron chi connectivity index (χ4n) is 3.25. The highest BCUT2D eigenvalue weighted by atomic mass is 16.4. The first-order valence-corrected chi connectivity index (χ1v) is 6.32. The third-order valence-corrected chi connectivity index (χ3v) is 4.33. The zero-order valence-corrected chi connectivity index (χ0v) is 11.7. The molecule has 1 fully saturated rings. The van der Waals surface area contributed by atoms with E-state index in [-0.39, 0.29) is 28.8 Å². The van der Waals surface area contributed by atoms with Crippen LogP contribution in [-0.4, -0.2) is 18.0 Å². The Morgan fingerprint density at radius 3 is 2.32 bits per heavy atom. The van der Waals surface area contributed by atoms with E-state index in [9.17, 15) is 9.59 Å². The van der Waals surface area contributed by atoms with Gasteiger partial charge in [0.2, 0.25) is 0 Å². The molecule has 0 spiro atoms. The molecular formula is C14H20N2O3. The lowest BCUT2D eigenvalue weighted by atomic mass is 9.48. The lowest BCUT2D eigenvalue weighted by molar-refractivity contribution is -0.0663. The van der Waals surface area contributed by atoms with Gasteiger partial charge in [-0.25, -0.2) is 4.79 Å². The molecule has 19 heavy (non-hydrogen) atoms. The molecule has 3 N–H and O–H groups in total. The summed E-state index contributed by atoms with van der Waals surface area (Å²) in [5, 5.41) is 2.98. The van der Waals surface area contributed by atoms with Crippen LogP contribution in [0.2, 0.25) is 0 Å². The Morgan fingerprint density at radius 1 is 1.26 bits per heavy atom. The average molecular weight is 264 g/mol. The van der Waals surface area contributed by atoms with Crippen LogP contribution in [0.4, 0.5) is 0 Å². The smallest absolute Gasteiger partial charge is 0.335 e. The Balaban J connectivity index is 2.16. The standard InChI is InChI=1S/C14H20N2O3/c1-13(2)11(15)14(3,4)12(13)16-10(18)8-5-6-9(17)19-7-8/h5-7,11-12H,15H2,1-4H3,(H,16,18). The molecule has 1 saturated carbocycles. The van der Waals surface area contributed by atoms with Gasteiger partial charge in [0.1, 0.15) is 6.26 Å². The second-order valence-corrected chi connectivity index (χ2v) is 6.37. The van der Waals surface area contributed by atoms with E-state index < -0.39 is 5.63 Å². The number of carbonyl (C=O) groups excluding carboxylic acids is 1. The molecule has 0 atom stereocenters. The molecule has 1 heterocycles. The largest absolute Gasteiger partial charge is 0.430 e. The van der Waals surface area contributed by atoms with Crippen molar-refractivity contribution in [1.29, 1.82) is 0 Å². The minimum atomic E-state index is -0.470. The Hall–Kier alpha value is -1.62. The zero-order valence-electron chi connectivity index (χ0n) is 11.7. The summed E-state index contributed by atoms with van der Waals surface area (Å²) in [5.41, 5.74) is 5.70. The van der Waals surface area contributed by atoms with Gasteiger partial charge < -0.3 is 15.5 Å². The molecule has 2 rings (SSSR count). The summed E-state index contributed by atoms with van der Waals surface area (Å²) >= 11 is 0. The fourth-order valence-corrected chi connectivity index (χ4v) is 3.25. The van der Waals surface area contributed by atoms with Gasteiger partial charge in [0.05, 0.1) is 5.56 Å². The summed E-state index contributed by atoms with van der Waals surface area (Å²) < 4.78 is 4.70. The molecule has 0 aromatic carbocycles. The number of nitrogens with one attached hydrogen (secondary N) is 1. The SMILES string of the molecule is CC1(C)C(N)C(C)(C)C1NC(=O)c1ccc(=O)oc1. The van der Waals surface area contributed by atoms with E-state index in [1.807, 2.05) is 27.7 Å². The van der Waals surface area contributed by atoms with Crippen LogP contribution in [0.25, 0.3) is 0 Å². The third-order valence-electron chi connectivity index (χ3n) is 4.33. The van der Waals surface area contributed by atoms with Crippen molar-refractivity contribution in [2.75, 3.05) is 0 Å². The lowest BCUT2D eigenvalue weighted by Crippen LogP contribution is -2.76. The molecule has 1 amide bonds. The van der Waals surface area contributed by atoms with Crippen molar-refractivity contribution in [3.63, 3.8) is 0 Å². The number of nitrogens with two attached hydrogens (primary N) is 1. The second kappa shape index (κ2) is 4.20. The lowest BCUT2D eigenvalue weighted by Gasteiger charge is -2.62. The third kappa shape index (κ3) is 2.08. The summed E-state index contributed by atoms with van der Waals surface area (Å²) in [6, 6.07) is 2.70. The van der Waals surface area contributed by atoms with Gasteiger partial charge in [0, 0.05) is 29.0 Å². The maximum atomic E-state index is 12.1. The summed E-state index contributed by atoms with van der Waals surface area (Å²) in [6.45, 7) is 8.16. The molecular weight excluding hydrogens is 244 g/mol. The normalized spacial score (nSPS) is 27.4. The Kier molecular flexibility index (Phi) is 3.05. The summed E-state index contributed by atoms with van der Waals surface area (Å²) in [7, 11) is 0. The van der Waals surface area contributed by atoms with Crippen molar-refractivity contribution in [3.05, 3.63) is 34.4 Å². The van der Waals surface area contributed by atoms with Crippen molar-refractivity contribution < 1.29 is 9.21 Å². The highest BCUT2D eigenvalue weighted by Crippen LogP contribution is 2.52. The van der Waals surface area contributed by atoms with E-state index >= 15 is 0 Å². The van der Waals surface area contributed by atoms with Crippen molar-refractivity contribution in [3.8, 4) is 0 Å². The number of hydrogen-bond donors (Lipinski definition) is 2. The number of rotatable bonds is 2. The van der Waals surface area contributed by atoms with E-state index in [2.05, 4.69) is 5.32 Å². The highest BCUT2D eigenvalue weighted by molar-refractivity contribution is 5.94. The van der Waals surface area contributed by atoms with Crippen LogP contribution < -0.4 is 16.7 Å². The maximum Gasteiger partial charge on any atom is 0.335 e. The van der Waals surface area contributed by atoms with Crippen LogP contribution in [0.1, 0.15) is 38.1 Å². The molecule has 0 unspecified atom stereocenters. The van der Waals surface area contributed by atoms with Gasteiger partial charge in [-0.2, -0.15) is 0 Å². The Labute approximate surface area is 112 Å². The molecule has 5 nitrogen and oxygen atoms in total. The predicted molar refractivity (Wildman–Crippen MR) is 71.8 cm³/mol.